The zero-order valence-corrected chi connectivity index (χ0v) is 16.8. The maximum atomic E-state index is 12.9. The molecule has 0 bridgehead atoms. The molecule has 29 heavy (non-hydrogen) atoms. The summed E-state index contributed by atoms with van der Waals surface area (Å²) in [6, 6.07) is 3.40. The minimum Gasteiger partial charge on any atom is -0.392 e. The fourth-order valence-electron chi connectivity index (χ4n) is 4.35. The molecule has 0 saturated carbocycles. The van der Waals surface area contributed by atoms with E-state index < -0.39 is 11.5 Å². The molecule has 2 aromatic heterocycles. The smallest absolute Gasteiger partial charge is 0.253 e. The summed E-state index contributed by atoms with van der Waals surface area (Å²) in [5.41, 5.74) is 5.68. The molecule has 2 aromatic rings. The molecule has 2 saturated heterocycles. The van der Waals surface area contributed by atoms with Crippen LogP contribution in [0, 0.1) is 5.41 Å². The molecule has 2 aliphatic rings. The molecule has 2 fully saturated rings. The molecule has 0 aliphatic carbocycles. The van der Waals surface area contributed by atoms with Gasteiger partial charge in [0.1, 0.15) is 5.01 Å². The zero-order valence-electron chi connectivity index (χ0n) is 16.0. The maximum absolute atomic E-state index is 12.9. The molecule has 4 rings (SSSR count). The summed E-state index contributed by atoms with van der Waals surface area (Å²) in [5.74, 6) is -0.114. The lowest BCUT2D eigenvalue weighted by Crippen LogP contribution is -2.60. The first kappa shape index (κ1) is 19.7. The summed E-state index contributed by atoms with van der Waals surface area (Å²) < 4.78 is 0. The number of likely N-dealkylation sites (tertiary alicyclic amines) is 2. The second-order valence-electron chi connectivity index (χ2n) is 7.76. The number of nitrogen functional groups attached to an aromatic ring is 1. The molecule has 0 unspecified atom stereocenters. The van der Waals surface area contributed by atoms with Crippen LogP contribution in [0.15, 0.2) is 24.5 Å². The molecule has 0 radical (unpaired) electrons. The van der Waals surface area contributed by atoms with Gasteiger partial charge in [-0.25, -0.2) is 0 Å². The average molecular weight is 417 g/mol. The molecule has 3 N–H and O–H groups in total. The van der Waals surface area contributed by atoms with Crippen molar-refractivity contribution < 1.29 is 14.7 Å². The van der Waals surface area contributed by atoms with Gasteiger partial charge >= 0.3 is 0 Å². The topological polar surface area (TPSA) is 126 Å². The number of carbonyl (C=O) groups is 2. The number of aliphatic hydroxyl groups is 1. The fourth-order valence-corrected chi connectivity index (χ4v) is 4.95. The van der Waals surface area contributed by atoms with E-state index in [0.717, 1.165) is 12.8 Å². The molecule has 1 spiro atoms. The number of aromatic nitrogens is 3. The molecule has 2 amide bonds. The first-order valence-electron chi connectivity index (χ1n) is 9.70. The normalized spacial score (nSPS) is 24.7. The van der Waals surface area contributed by atoms with Crippen LogP contribution in [0.4, 0.5) is 5.13 Å². The lowest BCUT2D eigenvalue weighted by Gasteiger charge is -2.51. The Kier molecular flexibility index (Phi) is 5.46. The van der Waals surface area contributed by atoms with Crippen molar-refractivity contribution >= 4 is 28.3 Å². The van der Waals surface area contributed by atoms with Gasteiger partial charge in [0.25, 0.3) is 5.91 Å². The first-order chi connectivity index (χ1) is 14.0. The highest BCUT2D eigenvalue weighted by molar-refractivity contribution is 7.15. The molecule has 4 heterocycles. The Morgan fingerprint density at radius 2 is 1.97 bits per heavy atom. The number of amides is 2. The van der Waals surface area contributed by atoms with Gasteiger partial charge in [-0.2, -0.15) is 0 Å². The van der Waals surface area contributed by atoms with Crippen LogP contribution in [0.1, 0.15) is 34.6 Å². The predicted molar refractivity (Wildman–Crippen MR) is 107 cm³/mol. The summed E-state index contributed by atoms with van der Waals surface area (Å²) in [5, 5.41) is 19.4. The number of hydrogen-bond donors (Lipinski definition) is 2. The first-order valence-corrected chi connectivity index (χ1v) is 10.5. The van der Waals surface area contributed by atoms with Gasteiger partial charge in [-0.3, -0.25) is 14.6 Å². The highest BCUT2D eigenvalue weighted by atomic mass is 32.1. The quantitative estimate of drug-likeness (QED) is 0.749. The van der Waals surface area contributed by atoms with Crippen molar-refractivity contribution in [2.45, 2.75) is 31.8 Å². The third-order valence-corrected chi connectivity index (χ3v) is 6.60. The van der Waals surface area contributed by atoms with E-state index in [-0.39, 0.29) is 18.2 Å². The fraction of sp³-hybridized carbons (Fsp3) is 0.526. The summed E-state index contributed by atoms with van der Waals surface area (Å²) in [4.78, 5) is 33.2. The van der Waals surface area contributed by atoms with Crippen molar-refractivity contribution in [3.63, 3.8) is 0 Å². The minimum atomic E-state index is -0.545. The van der Waals surface area contributed by atoms with E-state index in [0.29, 0.717) is 48.3 Å². The molecule has 154 valence electrons. The Labute approximate surface area is 172 Å². The van der Waals surface area contributed by atoms with Crippen molar-refractivity contribution in [3.05, 3.63) is 35.1 Å². The van der Waals surface area contributed by atoms with E-state index >= 15 is 0 Å². The van der Waals surface area contributed by atoms with Crippen LogP contribution in [0.2, 0.25) is 0 Å². The van der Waals surface area contributed by atoms with Gasteiger partial charge in [0, 0.05) is 49.6 Å². The van der Waals surface area contributed by atoms with Crippen LogP contribution in [-0.4, -0.2) is 74.2 Å². The Balaban J connectivity index is 1.47. The number of anilines is 1. The van der Waals surface area contributed by atoms with Gasteiger partial charge < -0.3 is 20.6 Å². The van der Waals surface area contributed by atoms with Crippen LogP contribution >= 0.6 is 11.3 Å². The van der Waals surface area contributed by atoms with Gasteiger partial charge in [-0.05, 0) is 31.4 Å². The predicted octanol–water partition coefficient (Wildman–Crippen LogP) is 0.574. The van der Waals surface area contributed by atoms with E-state index in [1.54, 1.807) is 34.3 Å². The SMILES string of the molecule is Nc1nnc(CC(=O)N2CC[C@H](O)[C@@]3(CCCN(C(=O)c4ccncc4)C3)C2)s1. The second kappa shape index (κ2) is 8.03. The third kappa shape index (κ3) is 4.08. The van der Waals surface area contributed by atoms with Crippen molar-refractivity contribution in [1.82, 2.24) is 25.0 Å². The van der Waals surface area contributed by atoms with Gasteiger partial charge in [-0.15, -0.1) is 10.2 Å². The Morgan fingerprint density at radius 1 is 1.21 bits per heavy atom. The maximum Gasteiger partial charge on any atom is 0.253 e. The largest absolute Gasteiger partial charge is 0.392 e. The minimum absolute atomic E-state index is 0.0509. The van der Waals surface area contributed by atoms with E-state index in [9.17, 15) is 14.7 Å². The molecular formula is C19H24N6O3S. The molecular weight excluding hydrogens is 392 g/mol. The van der Waals surface area contributed by atoms with E-state index in [2.05, 4.69) is 15.2 Å². The van der Waals surface area contributed by atoms with Crippen LogP contribution in [0.25, 0.3) is 0 Å². The molecule has 0 aromatic carbocycles. The number of hydrogen-bond acceptors (Lipinski definition) is 8. The number of piperidine rings is 2. The number of nitrogens with zero attached hydrogens (tertiary/aromatic N) is 5. The van der Waals surface area contributed by atoms with E-state index in [4.69, 9.17) is 5.73 Å². The van der Waals surface area contributed by atoms with Crippen molar-refractivity contribution in [3.8, 4) is 0 Å². The van der Waals surface area contributed by atoms with Gasteiger partial charge in [0.05, 0.1) is 12.5 Å². The highest BCUT2D eigenvalue weighted by Crippen LogP contribution is 2.39. The molecule has 2 aliphatic heterocycles. The second-order valence-corrected chi connectivity index (χ2v) is 8.85. The third-order valence-electron chi connectivity index (χ3n) is 5.85. The number of rotatable bonds is 3. The molecule has 9 nitrogen and oxygen atoms in total. The average Bonchev–Trinajstić information content (AvgIpc) is 3.15. The van der Waals surface area contributed by atoms with E-state index in [1.807, 2.05) is 0 Å². The lowest BCUT2D eigenvalue weighted by molar-refractivity contribution is -0.141. The Morgan fingerprint density at radius 3 is 2.69 bits per heavy atom. The highest BCUT2D eigenvalue weighted by Gasteiger charge is 2.47. The monoisotopic (exact) mass is 416 g/mol. The summed E-state index contributed by atoms with van der Waals surface area (Å²) in [6.45, 7) is 2.01. The van der Waals surface area contributed by atoms with Crippen molar-refractivity contribution in [1.29, 1.82) is 0 Å². The van der Waals surface area contributed by atoms with Gasteiger partial charge in [0.2, 0.25) is 11.0 Å². The number of carbonyl (C=O) groups excluding carboxylic acids is 2. The molecule has 2 atom stereocenters. The summed E-state index contributed by atoms with van der Waals surface area (Å²) in [7, 11) is 0. The van der Waals surface area contributed by atoms with Crippen molar-refractivity contribution in [2.24, 2.45) is 5.41 Å². The van der Waals surface area contributed by atoms with Crippen LogP contribution in [0.5, 0.6) is 0 Å². The van der Waals surface area contributed by atoms with Gasteiger partial charge in [-0.1, -0.05) is 11.3 Å². The van der Waals surface area contributed by atoms with Crippen molar-refractivity contribution in [2.75, 3.05) is 31.9 Å². The van der Waals surface area contributed by atoms with E-state index in [1.165, 1.54) is 11.3 Å². The summed E-state index contributed by atoms with van der Waals surface area (Å²) >= 11 is 1.21. The summed E-state index contributed by atoms with van der Waals surface area (Å²) in [6.07, 6.45) is 4.89. The zero-order chi connectivity index (χ0) is 20.4. The molecule has 10 heteroatoms. The lowest BCUT2D eigenvalue weighted by atomic mass is 9.71. The van der Waals surface area contributed by atoms with Crippen LogP contribution < -0.4 is 5.73 Å². The number of aliphatic hydroxyl groups excluding tert-OH is 1. The Bertz CT molecular complexity index is 891. The van der Waals surface area contributed by atoms with Gasteiger partial charge in [0.15, 0.2) is 0 Å². The standard InChI is InChI=1S/C19H24N6O3S/c20-18-23-22-15(29-18)10-16(27)24-9-4-14(26)19(11-24)5-1-8-25(12-19)17(28)13-2-6-21-7-3-13/h2-3,6-7,14,26H,1,4-5,8-12H2,(H2,20,23)/t14-,19-/m0/s1. The number of pyridine rings is 1. The van der Waals surface area contributed by atoms with Crippen LogP contribution in [0.3, 0.4) is 0 Å². The number of nitrogens with two attached hydrogens (primary N) is 1. The Hall–Kier alpha value is -2.59. The van der Waals surface area contributed by atoms with Crippen LogP contribution in [-0.2, 0) is 11.2 Å².